The zero-order valence-corrected chi connectivity index (χ0v) is 13.8. The average molecular weight is 346 g/mol. The summed E-state index contributed by atoms with van der Waals surface area (Å²) < 4.78 is 15.1. The van der Waals surface area contributed by atoms with Gasteiger partial charge in [-0.15, -0.1) is 0 Å². The van der Waals surface area contributed by atoms with Crippen LogP contribution in [0.5, 0.6) is 5.75 Å². The molecule has 2 amide bonds. The second-order valence-electron chi connectivity index (χ2n) is 5.16. The van der Waals surface area contributed by atoms with Gasteiger partial charge in [-0.05, 0) is 43.7 Å². The molecule has 1 atom stereocenters. The summed E-state index contributed by atoms with van der Waals surface area (Å²) in [6.45, 7) is 2.86. The lowest BCUT2D eigenvalue weighted by Gasteiger charge is -2.14. The molecule has 1 heterocycles. The molecule has 132 valence electrons. The van der Waals surface area contributed by atoms with Crippen LogP contribution in [0.1, 0.15) is 23.0 Å². The maximum atomic E-state index is 11.8. The summed E-state index contributed by atoms with van der Waals surface area (Å²) in [5.41, 5.74) is 5.23. The third kappa shape index (κ3) is 5.69. The Bertz CT molecular complexity index is 741. The van der Waals surface area contributed by atoms with Gasteiger partial charge in [0.25, 0.3) is 5.91 Å². The van der Waals surface area contributed by atoms with E-state index in [-0.39, 0.29) is 5.76 Å². The number of rotatable bonds is 6. The molecule has 0 saturated carbocycles. The van der Waals surface area contributed by atoms with Crippen molar-refractivity contribution in [3.05, 3.63) is 54.0 Å². The molecule has 1 aromatic heterocycles. The van der Waals surface area contributed by atoms with Crippen LogP contribution in [0.25, 0.3) is 0 Å². The fraction of sp³-hybridized carbons (Fsp3) is 0.235. The summed E-state index contributed by atoms with van der Waals surface area (Å²) in [5.74, 6) is -1.46. The van der Waals surface area contributed by atoms with Crippen molar-refractivity contribution in [1.29, 1.82) is 0 Å². The first kappa shape index (κ1) is 18.1. The van der Waals surface area contributed by atoms with Crippen molar-refractivity contribution in [2.24, 2.45) is 0 Å². The van der Waals surface area contributed by atoms with Crippen LogP contribution >= 0.6 is 0 Å². The van der Waals surface area contributed by atoms with Crippen molar-refractivity contribution in [2.45, 2.75) is 20.0 Å². The molecule has 0 aliphatic heterocycles. The third-order valence-corrected chi connectivity index (χ3v) is 3.04. The van der Waals surface area contributed by atoms with Gasteiger partial charge in [0.15, 0.2) is 18.5 Å². The topological polar surface area (TPSA) is 107 Å². The Morgan fingerprint density at radius 2 is 1.96 bits per heavy atom. The minimum absolute atomic E-state index is 0.0393. The van der Waals surface area contributed by atoms with Gasteiger partial charge in [-0.2, -0.15) is 0 Å². The van der Waals surface area contributed by atoms with Crippen molar-refractivity contribution < 1.29 is 28.3 Å². The van der Waals surface area contributed by atoms with Crippen molar-refractivity contribution in [2.75, 3.05) is 6.61 Å². The molecular weight excluding hydrogens is 328 g/mol. The number of nitrogens with one attached hydrogen (secondary N) is 2. The van der Waals surface area contributed by atoms with E-state index in [9.17, 15) is 14.4 Å². The van der Waals surface area contributed by atoms with E-state index in [0.29, 0.717) is 5.75 Å². The number of carbonyl (C=O) groups excluding carboxylic acids is 3. The van der Waals surface area contributed by atoms with Crippen LogP contribution in [0.4, 0.5) is 0 Å². The number of furan rings is 1. The van der Waals surface area contributed by atoms with Crippen LogP contribution in [0, 0.1) is 6.92 Å². The Morgan fingerprint density at radius 1 is 1.16 bits per heavy atom. The van der Waals surface area contributed by atoms with E-state index in [1.54, 1.807) is 18.2 Å². The summed E-state index contributed by atoms with van der Waals surface area (Å²) in [7, 11) is 0. The lowest BCUT2D eigenvalue weighted by atomic mass is 10.2. The van der Waals surface area contributed by atoms with Crippen LogP contribution < -0.4 is 15.6 Å². The van der Waals surface area contributed by atoms with E-state index in [1.807, 2.05) is 13.0 Å². The average Bonchev–Trinajstić information content (AvgIpc) is 3.12. The number of amides is 2. The predicted octanol–water partition coefficient (Wildman–Crippen LogP) is 1.36. The van der Waals surface area contributed by atoms with Gasteiger partial charge >= 0.3 is 11.9 Å². The molecule has 1 aromatic carbocycles. The molecule has 2 N–H and O–H groups in total. The van der Waals surface area contributed by atoms with E-state index in [4.69, 9.17) is 13.9 Å². The van der Waals surface area contributed by atoms with Gasteiger partial charge < -0.3 is 13.9 Å². The van der Waals surface area contributed by atoms with Crippen molar-refractivity contribution in [3.8, 4) is 5.75 Å². The monoisotopic (exact) mass is 346 g/mol. The summed E-state index contributed by atoms with van der Waals surface area (Å²) in [5, 5.41) is 0. The van der Waals surface area contributed by atoms with Gasteiger partial charge in [0.05, 0.1) is 6.26 Å². The number of carbonyl (C=O) groups is 3. The second-order valence-corrected chi connectivity index (χ2v) is 5.16. The summed E-state index contributed by atoms with van der Waals surface area (Å²) in [6.07, 6.45) is 0.445. The largest absolute Gasteiger partial charge is 0.479 e. The zero-order valence-electron chi connectivity index (χ0n) is 13.8. The second kappa shape index (κ2) is 8.53. The van der Waals surface area contributed by atoms with Crippen LogP contribution in [-0.2, 0) is 14.3 Å². The fourth-order valence-corrected chi connectivity index (χ4v) is 1.83. The molecular formula is C17H18N2O6. The SMILES string of the molecule is Cc1cccc(O[C@@H](C)C(=O)OCC(=O)NNC(=O)c2ccco2)c1. The molecule has 0 saturated heterocycles. The minimum Gasteiger partial charge on any atom is -0.479 e. The van der Waals surface area contributed by atoms with Crippen LogP contribution in [-0.4, -0.2) is 30.5 Å². The Kier molecular flexibility index (Phi) is 6.16. The van der Waals surface area contributed by atoms with Crippen molar-refractivity contribution in [3.63, 3.8) is 0 Å². The van der Waals surface area contributed by atoms with Gasteiger partial charge in [0.2, 0.25) is 0 Å². The number of ether oxygens (including phenoxy) is 2. The maximum Gasteiger partial charge on any atom is 0.347 e. The lowest BCUT2D eigenvalue weighted by Crippen LogP contribution is -2.44. The Labute approximate surface area is 144 Å². The van der Waals surface area contributed by atoms with Crippen LogP contribution in [0.3, 0.4) is 0 Å². The van der Waals surface area contributed by atoms with Gasteiger partial charge in [-0.3, -0.25) is 20.4 Å². The number of aryl methyl sites for hydroxylation is 1. The molecule has 2 rings (SSSR count). The van der Waals surface area contributed by atoms with Gasteiger partial charge in [-0.25, -0.2) is 4.79 Å². The highest BCUT2D eigenvalue weighted by Gasteiger charge is 2.18. The molecule has 0 bridgehead atoms. The highest BCUT2D eigenvalue weighted by molar-refractivity contribution is 5.93. The van der Waals surface area contributed by atoms with Gasteiger partial charge in [-0.1, -0.05) is 12.1 Å². The Hall–Kier alpha value is -3.29. The Morgan fingerprint density at radius 3 is 2.64 bits per heavy atom. The smallest absolute Gasteiger partial charge is 0.347 e. The highest BCUT2D eigenvalue weighted by Crippen LogP contribution is 2.14. The van der Waals surface area contributed by atoms with E-state index in [2.05, 4.69) is 10.9 Å². The molecule has 0 fully saturated rings. The van der Waals surface area contributed by atoms with E-state index >= 15 is 0 Å². The first-order valence-electron chi connectivity index (χ1n) is 7.48. The number of hydrazine groups is 1. The highest BCUT2D eigenvalue weighted by atomic mass is 16.6. The maximum absolute atomic E-state index is 11.8. The third-order valence-electron chi connectivity index (χ3n) is 3.04. The fourth-order valence-electron chi connectivity index (χ4n) is 1.83. The number of hydrogen-bond acceptors (Lipinski definition) is 6. The molecule has 0 spiro atoms. The first-order chi connectivity index (χ1) is 12.0. The standard InChI is InChI=1S/C17H18N2O6/c1-11-5-3-6-13(9-11)25-12(2)17(22)24-10-15(20)18-19-16(21)14-7-4-8-23-14/h3-9,12H,10H2,1-2H3,(H,18,20)(H,19,21)/t12-/m0/s1. The number of hydrogen-bond donors (Lipinski definition) is 2. The zero-order chi connectivity index (χ0) is 18.2. The number of benzene rings is 1. The van der Waals surface area contributed by atoms with Crippen molar-refractivity contribution >= 4 is 17.8 Å². The number of esters is 1. The van der Waals surface area contributed by atoms with Gasteiger partial charge in [0.1, 0.15) is 5.75 Å². The summed E-state index contributed by atoms with van der Waals surface area (Å²) in [6, 6.07) is 10.2. The minimum atomic E-state index is -0.882. The Balaban J connectivity index is 1.71. The van der Waals surface area contributed by atoms with E-state index in [0.717, 1.165) is 5.56 Å². The predicted molar refractivity (Wildman–Crippen MR) is 86.5 cm³/mol. The van der Waals surface area contributed by atoms with E-state index in [1.165, 1.54) is 25.3 Å². The van der Waals surface area contributed by atoms with Crippen LogP contribution in [0.15, 0.2) is 47.1 Å². The molecule has 25 heavy (non-hydrogen) atoms. The van der Waals surface area contributed by atoms with Crippen LogP contribution in [0.2, 0.25) is 0 Å². The molecule has 2 aromatic rings. The molecule has 0 radical (unpaired) electrons. The molecule has 0 aliphatic carbocycles. The quantitative estimate of drug-likeness (QED) is 0.604. The summed E-state index contributed by atoms with van der Waals surface area (Å²) in [4.78, 5) is 34.9. The lowest BCUT2D eigenvalue weighted by molar-refractivity contribution is -0.154. The molecule has 8 heteroatoms. The first-order valence-corrected chi connectivity index (χ1v) is 7.48. The summed E-state index contributed by atoms with van der Waals surface area (Å²) >= 11 is 0. The van der Waals surface area contributed by atoms with Gasteiger partial charge in [0, 0.05) is 0 Å². The molecule has 0 unspecified atom stereocenters. The van der Waals surface area contributed by atoms with E-state index < -0.39 is 30.5 Å². The molecule has 0 aliphatic rings. The molecule has 8 nitrogen and oxygen atoms in total. The van der Waals surface area contributed by atoms with Crippen molar-refractivity contribution in [1.82, 2.24) is 10.9 Å². The normalized spacial score (nSPS) is 11.3.